The van der Waals surface area contributed by atoms with Gasteiger partial charge in [0.2, 0.25) is 0 Å². The van der Waals surface area contributed by atoms with Crippen LogP contribution in [0.15, 0.2) is 61.1 Å². The molecule has 0 bridgehead atoms. The van der Waals surface area contributed by atoms with Crippen LogP contribution in [0.5, 0.6) is 0 Å². The molecule has 5 aromatic rings. The van der Waals surface area contributed by atoms with E-state index < -0.39 is 18.5 Å². The maximum atomic E-state index is 12.6. The Morgan fingerprint density at radius 2 is 1.71 bits per heavy atom. The summed E-state index contributed by atoms with van der Waals surface area (Å²) in [5.74, 6) is -0.726. The van der Waals surface area contributed by atoms with Crippen LogP contribution in [0.3, 0.4) is 0 Å². The van der Waals surface area contributed by atoms with Gasteiger partial charge in [0.15, 0.2) is 0 Å². The van der Waals surface area contributed by atoms with Gasteiger partial charge in [-0.05, 0) is 30.3 Å². The van der Waals surface area contributed by atoms with Crippen molar-refractivity contribution < 1.29 is 18.0 Å². The zero-order valence-corrected chi connectivity index (χ0v) is 19.2. The van der Waals surface area contributed by atoms with Gasteiger partial charge >= 0.3 is 6.18 Å². The second kappa shape index (κ2) is 8.51. The zero-order valence-electron chi connectivity index (χ0n) is 17.6. The predicted octanol–water partition coefficient (Wildman–Crippen LogP) is 6.12. The summed E-state index contributed by atoms with van der Waals surface area (Å²) < 4.78 is 39.5. The molecule has 0 aliphatic heterocycles. The average Bonchev–Trinajstić information content (AvgIpc) is 3.18. The highest BCUT2D eigenvalue weighted by atomic mass is 35.5. The van der Waals surface area contributed by atoms with E-state index in [9.17, 15) is 18.0 Å². The molecule has 4 aromatic heterocycles. The number of aromatic nitrogens is 4. The van der Waals surface area contributed by atoms with Crippen molar-refractivity contribution in [3.05, 3.63) is 82.5 Å². The smallest absolute Gasteiger partial charge is 0.364 e. The number of alkyl halides is 3. The molecule has 1 amide bonds. The minimum atomic E-state index is -4.34. The number of benzene rings is 1. The van der Waals surface area contributed by atoms with Crippen molar-refractivity contribution in [3.63, 3.8) is 0 Å². The fraction of sp³-hybridized carbons (Fsp3) is 0.0833. The fourth-order valence-electron chi connectivity index (χ4n) is 3.90. The molecular formula is C24H14Cl2F3N5O. The first-order valence-corrected chi connectivity index (χ1v) is 10.9. The van der Waals surface area contributed by atoms with Crippen LogP contribution in [0, 0.1) is 0 Å². The minimum absolute atomic E-state index is 0.0852. The number of nitrogens with zero attached hydrogens (tertiary/aromatic N) is 4. The molecule has 0 radical (unpaired) electrons. The van der Waals surface area contributed by atoms with Crippen LogP contribution in [-0.4, -0.2) is 31.4 Å². The van der Waals surface area contributed by atoms with Crippen molar-refractivity contribution in [1.29, 1.82) is 0 Å². The molecule has 0 aliphatic carbocycles. The van der Waals surface area contributed by atoms with Gasteiger partial charge in [-0.25, -0.2) is 4.98 Å². The molecule has 0 atom stereocenters. The summed E-state index contributed by atoms with van der Waals surface area (Å²) in [6.07, 6.45) is -0.880. The summed E-state index contributed by atoms with van der Waals surface area (Å²) in [6, 6.07) is 11.3. The van der Waals surface area contributed by atoms with Gasteiger partial charge in [0, 0.05) is 46.4 Å². The van der Waals surface area contributed by atoms with Crippen molar-refractivity contribution >= 4 is 45.7 Å². The molecule has 176 valence electrons. The third kappa shape index (κ3) is 4.28. The van der Waals surface area contributed by atoms with E-state index in [1.165, 1.54) is 16.7 Å². The second-order valence-electron chi connectivity index (χ2n) is 7.77. The maximum absolute atomic E-state index is 12.6. The van der Waals surface area contributed by atoms with E-state index in [1.807, 2.05) is 0 Å². The lowest BCUT2D eigenvalue weighted by molar-refractivity contribution is -0.127. The first-order valence-electron chi connectivity index (χ1n) is 10.2. The Labute approximate surface area is 206 Å². The molecule has 1 aromatic carbocycles. The third-order valence-electron chi connectivity index (χ3n) is 5.42. The van der Waals surface area contributed by atoms with Gasteiger partial charge in [0.25, 0.3) is 5.91 Å². The number of primary amides is 1. The molecular weight excluding hydrogens is 502 g/mol. The van der Waals surface area contributed by atoms with Gasteiger partial charge in [-0.1, -0.05) is 35.3 Å². The molecule has 0 fully saturated rings. The SMILES string of the molecule is NC(=O)c1c(-c2c(Cl)cccc2Cl)nc2c3cc(-c4ccc(CC(F)(F)F)nc4)cnc3ccn12. The van der Waals surface area contributed by atoms with Gasteiger partial charge in [-0.2, -0.15) is 13.2 Å². The number of imidazole rings is 1. The van der Waals surface area contributed by atoms with Crippen molar-refractivity contribution in [2.24, 2.45) is 5.73 Å². The molecule has 0 saturated carbocycles. The van der Waals surface area contributed by atoms with E-state index in [1.54, 1.807) is 48.8 Å². The zero-order chi connectivity index (χ0) is 24.9. The van der Waals surface area contributed by atoms with Crippen molar-refractivity contribution in [2.45, 2.75) is 12.6 Å². The summed E-state index contributed by atoms with van der Waals surface area (Å²) in [5, 5.41) is 1.19. The Morgan fingerprint density at radius 1 is 1.00 bits per heavy atom. The summed E-state index contributed by atoms with van der Waals surface area (Å²) in [5.41, 5.74) is 8.46. The number of nitrogens with two attached hydrogens (primary N) is 1. The fourth-order valence-corrected chi connectivity index (χ4v) is 4.47. The third-order valence-corrected chi connectivity index (χ3v) is 6.05. The summed E-state index contributed by atoms with van der Waals surface area (Å²) in [6.45, 7) is 0. The molecule has 5 rings (SSSR count). The Morgan fingerprint density at radius 3 is 2.34 bits per heavy atom. The second-order valence-corrected chi connectivity index (χ2v) is 8.58. The van der Waals surface area contributed by atoms with Gasteiger partial charge in [0.1, 0.15) is 17.0 Å². The van der Waals surface area contributed by atoms with Gasteiger partial charge in [-0.15, -0.1) is 0 Å². The number of hydrogen-bond donors (Lipinski definition) is 1. The van der Waals surface area contributed by atoms with Crippen molar-refractivity contribution in [1.82, 2.24) is 19.4 Å². The van der Waals surface area contributed by atoms with Crippen LogP contribution in [0.2, 0.25) is 10.0 Å². The summed E-state index contributed by atoms with van der Waals surface area (Å²) in [7, 11) is 0. The molecule has 4 heterocycles. The van der Waals surface area contributed by atoms with E-state index in [0.29, 0.717) is 43.3 Å². The first kappa shape index (κ1) is 23.1. The topological polar surface area (TPSA) is 86.2 Å². The standard InChI is InChI=1S/C24H14Cl2F3N5O/c25-16-2-1-3-17(26)19(16)20-21(22(30)35)34-7-6-18-15(23(34)33-20)8-13(11-32-18)12-4-5-14(31-10-12)9-24(27,28)29/h1-8,10-11H,9H2,(H2,30,35). The molecule has 0 saturated heterocycles. The summed E-state index contributed by atoms with van der Waals surface area (Å²) >= 11 is 12.7. The molecule has 0 aliphatic rings. The van der Waals surface area contributed by atoms with Crippen molar-refractivity contribution in [2.75, 3.05) is 0 Å². The Bertz CT molecular complexity index is 1590. The highest BCUT2D eigenvalue weighted by Crippen LogP contribution is 2.37. The van der Waals surface area contributed by atoms with Gasteiger partial charge < -0.3 is 5.73 Å². The average molecular weight is 516 g/mol. The van der Waals surface area contributed by atoms with E-state index in [2.05, 4.69) is 15.0 Å². The quantitative estimate of drug-likeness (QED) is 0.312. The Balaban J connectivity index is 1.69. The van der Waals surface area contributed by atoms with Crippen LogP contribution in [0.4, 0.5) is 13.2 Å². The number of carbonyl (C=O) groups is 1. The largest absolute Gasteiger partial charge is 0.394 e. The van der Waals surface area contributed by atoms with Crippen LogP contribution in [0.1, 0.15) is 16.2 Å². The maximum Gasteiger partial charge on any atom is 0.394 e. The lowest BCUT2D eigenvalue weighted by Gasteiger charge is -2.08. The molecule has 0 unspecified atom stereocenters. The van der Waals surface area contributed by atoms with Crippen LogP contribution >= 0.6 is 23.2 Å². The number of fused-ring (bicyclic) bond motifs is 3. The lowest BCUT2D eigenvalue weighted by Crippen LogP contribution is -2.15. The predicted molar refractivity (Wildman–Crippen MR) is 127 cm³/mol. The first-order chi connectivity index (χ1) is 16.6. The molecule has 11 heteroatoms. The Kier molecular flexibility index (Phi) is 5.61. The van der Waals surface area contributed by atoms with Crippen LogP contribution in [0.25, 0.3) is 38.9 Å². The van der Waals surface area contributed by atoms with Gasteiger partial charge in [-0.3, -0.25) is 19.2 Å². The monoisotopic (exact) mass is 515 g/mol. The number of amides is 1. The Hall–Kier alpha value is -3.69. The highest BCUT2D eigenvalue weighted by molar-refractivity contribution is 6.39. The lowest BCUT2D eigenvalue weighted by atomic mass is 10.1. The number of hydrogen-bond acceptors (Lipinski definition) is 4. The van der Waals surface area contributed by atoms with E-state index in [0.717, 1.165) is 0 Å². The molecule has 2 N–H and O–H groups in total. The molecule has 35 heavy (non-hydrogen) atoms. The van der Waals surface area contributed by atoms with Crippen LogP contribution < -0.4 is 5.73 Å². The van der Waals surface area contributed by atoms with Crippen molar-refractivity contribution in [3.8, 4) is 22.4 Å². The minimum Gasteiger partial charge on any atom is -0.364 e. The van der Waals surface area contributed by atoms with E-state index in [4.69, 9.17) is 28.9 Å². The normalized spacial score (nSPS) is 11.9. The number of carbonyl (C=O) groups excluding carboxylic acids is 1. The molecule has 0 spiro atoms. The molecule has 6 nitrogen and oxygen atoms in total. The van der Waals surface area contributed by atoms with E-state index >= 15 is 0 Å². The summed E-state index contributed by atoms with van der Waals surface area (Å²) in [4.78, 5) is 25.5. The number of rotatable bonds is 4. The number of pyridine rings is 3. The van der Waals surface area contributed by atoms with E-state index in [-0.39, 0.29) is 17.1 Å². The highest BCUT2D eigenvalue weighted by Gasteiger charge is 2.28. The number of halogens is 5. The van der Waals surface area contributed by atoms with Gasteiger partial charge in [0.05, 0.1) is 22.0 Å². The van der Waals surface area contributed by atoms with Crippen LogP contribution in [-0.2, 0) is 6.42 Å².